The molecule has 0 aliphatic heterocycles. The summed E-state index contributed by atoms with van der Waals surface area (Å²) in [6, 6.07) is 8.99. The van der Waals surface area contributed by atoms with Gasteiger partial charge in [-0.25, -0.2) is 13.1 Å². The Morgan fingerprint density at radius 2 is 1.82 bits per heavy atom. The van der Waals surface area contributed by atoms with Crippen LogP contribution in [-0.2, 0) is 15.6 Å². The summed E-state index contributed by atoms with van der Waals surface area (Å²) in [7, 11) is -3.35. The van der Waals surface area contributed by atoms with Crippen molar-refractivity contribution in [3.8, 4) is 0 Å². The van der Waals surface area contributed by atoms with Crippen molar-refractivity contribution in [2.75, 3.05) is 6.54 Å². The number of hydrogen-bond acceptors (Lipinski definition) is 3. The zero-order valence-electron chi connectivity index (χ0n) is 10.3. The van der Waals surface area contributed by atoms with Gasteiger partial charge in [-0.05, 0) is 26.3 Å². The Labute approximate surface area is 103 Å². The molecule has 0 bridgehead atoms. The third-order valence-electron chi connectivity index (χ3n) is 2.63. The Morgan fingerprint density at radius 1 is 1.29 bits per heavy atom. The number of aliphatic hydroxyl groups is 1. The molecule has 1 unspecified atom stereocenters. The lowest BCUT2D eigenvalue weighted by Gasteiger charge is -2.24. The summed E-state index contributed by atoms with van der Waals surface area (Å²) in [6.45, 7) is 4.75. The van der Waals surface area contributed by atoms with E-state index in [1.54, 1.807) is 45.0 Å². The maximum Gasteiger partial charge on any atom is 0.214 e. The Morgan fingerprint density at radius 3 is 2.29 bits per heavy atom. The molecule has 17 heavy (non-hydrogen) atoms. The fourth-order valence-corrected chi connectivity index (χ4v) is 2.12. The van der Waals surface area contributed by atoms with Crippen molar-refractivity contribution < 1.29 is 13.5 Å². The summed E-state index contributed by atoms with van der Waals surface area (Å²) in [6.07, 6.45) is 0. The molecule has 2 N–H and O–H groups in total. The van der Waals surface area contributed by atoms with Crippen molar-refractivity contribution in [1.29, 1.82) is 0 Å². The van der Waals surface area contributed by atoms with E-state index in [1.165, 1.54) is 0 Å². The zero-order valence-corrected chi connectivity index (χ0v) is 11.2. The molecule has 0 radical (unpaired) electrons. The van der Waals surface area contributed by atoms with Gasteiger partial charge in [0.05, 0.1) is 5.25 Å². The largest absolute Gasteiger partial charge is 0.384 e. The Bertz CT molecular complexity index is 452. The van der Waals surface area contributed by atoms with Gasteiger partial charge < -0.3 is 5.11 Å². The second kappa shape index (κ2) is 5.16. The van der Waals surface area contributed by atoms with Crippen LogP contribution in [0.25, 0.3) is 0 Å². The van der Waals surface area contributed by atoms with Crippen LogP contribution < -0.4 is 4.72 Å². The Hall–Kier alpha value is -0.910. The fraction of sp³-hybridized carbons (Fsp3) is 0.500. The molecular formula is C12H19NO3S. The average Bonchev–Trinajstić information content (AvgIpc) is 2.28. The topological polar surface area (TPSA) is 66.4 Å². The first-order valence-electron chi connectivity index (χ1n) is 5.52. The summed E-state index contributed by atoms with van der Waals surface area (Å²) < 4.78 is 25.6. The molecule has 0 saturated heterocycles. The van der Waals surface area contributed by atoms with Crippen molar-refractivity contribution in [3.63, 3.8) is 0 Å². The van der Waals surface area contributed by atoms with E-state index in [-0.39, 0.29) is 6.54 Å². The number of hydrogen-bond donors (Lipinski definition) is 2. The summed E-state index contributed by atoms with van der Waals surface area (Å²) in [4.78, 5) is 0. The van der Waals surface area contributed by atoms with E-state index in [2.05, 4.69) is 4.72 Å². The number of rotatable bonds is 5. The quantitative estimate of drug-likeness (QED) is 0.833. The van der Waals surface area contributed by atoms with E-state index in [4.69, 9.17) is 0 Å². The van der Waals surface area contributed by atoms with Gasteiger partial charge in [0.25, 0.3) is 0 Å². The molecule has 1 aromatic carbocycles. The van der Waals surface area contributed by atoms with Gasteiger partial charge in [0.15, 0.2) is 0 Å². The van der Waals surface area contributed by atoms with Crippen molar-refractivity contribution in [2.24, 2.45) is 0 Å². The molecular weight excluding hydrogens is 238 g/mol. The third-order valence-corrected chi connectivity index (χ3v) is 4.42. The Kier molecular flexibility index (Phi) is 4.30. The molecule has 0 heterocycles. The molecule has 4 nitrogen and oxygen atoms in total. The van der Waals surface area contributed by atoms with Gasteiger partial charge >= 0.3 is 0 Å². The highest BCUT2D eigenvalue weighted by Gasteiger charge is 2.26. The van der Waals surface area contributed by atoms with Gasteiger partial charge in [0, 0.05) is 6.54 Å². The van der Waals surface area contributed by atoms with Gasteiger partial charge in [-0.2, -0.15) is 0 Å². The van der Waals surface area contributed by atoms with Gasteiger partial charge in [0.2, 0.25) is 10.0 Å². The van der Waals surface area contributed by atoms with E-state index in [0.717, 1.165) is 0 Å². The van der Waals surface area contributed by atoms with Crippen LogP contribution in [0.5, 0.6) is 0 Å². The first-order chi connectivity index (χ1) is 7.76. The molecule has 0 aromatic heterocycles. The minimum Gasteiger partial charge on any atom is -0.384 e. The lowest BCUT2D eigenvalue weighted by Crippen LogP contribution is -2.41. The monoisotopic (exact) mass is 257 g/mol. The molecule has 1 aromatic rings. The SMILES string of the molecule is CC(C)S(=O)(=O)NCC(C)(O)c1ccccc1. The average molecular weight is 257 g/mol. The standard InChI is InChI=1S/C12H19NO3S/c1-10(2)17(15,16)13-9-12(3,14)11-7-5-4-6-8-11/h4-8,10,13-14H,9H2,1-3H3. The normalized spacial score (nSPS) is 15.8. The lowest BCUT2D eigenvalue weighted by molar-refractivity contribution is 0.0627. The number of sulfonamides is 1. The number of nitrogens with one attached hydrogen (secondary N) is 1. The molecule has 0 aliphatic carbocycles. The van der Waals surface area contributed by atoms with Gasteiger partial charge in [-0.3, -0.25) is 0 Å². The van der Waals surface area contributed by atoms with Gasteiger partial charge in [-0.1, -0.05) is 30.3 Å². The lowest BCUT2D eigenvalue weighted by atomic mass is 9.97. The summed E-state index contributed by atoms with van der Waals surface area (Å²) >= 11 is 0. The van der Waals surface area contributed by atoms with E-state index < -0.39 is 20.9 Å². The van der Waals surface area contributed by atoms with Crippen LogP contribution in [0.3, 0.4) is 0 Å². The molecule has 0 spiro atoms. The molecule has 0 amide bonds. The van der Waals surface area contributed by atoms with Crippen LogP contribution >= 0.6 is 0 Å². The highest BCUT2D eigenvalue weighted by atomic mass is 32.2. The number of benzene rings is 1. The molecule has 1 rings (SSSR count). The minimum absolute atomic E-state index is 0.0302. The predicted molar refractivity (Wildman–Crippen MR) is 68.1 cm³/mol. The highest BCUT2D eigenvalue weighted by Crippen LogP contribution is 2.19. The van der Waals surface area contributed by atoms with Crippen LogP contribution in [0.1, 0.15) is 26.3 Å². The Balaban J connectivity index is 2.76. The maximum absolute atomic E-state index is 11.6. The predicted octanol–water partition coefficient (Wildman–Crippen LogP) is 1.22. The van der Waals surface area contributed by atoms with Crippen molar-refractivity contribution in [1.82, 2.24) is 4.72 Å². The minimum atomic E-state index is -3.35. The summed E-state index contributed by atoms with van der Waals surface area (Å²) in [5.74, 6) is 0. The van der Waals surface area contributed by atoms with Gasteiger partial charge in [-0.15, -0.1) is 0 Å². The molecule has 96 valence electrons. The van der Waals surface area contributed by atoms with E-state index in [1.807, 2.05) is 6.07 Å². The second-order valence-electron chi connectivity index (χ2n) is 4.55. The van der Waals surface area contributed by atoms with Crippen molar-refractivity contribution in [3.05, 3.63) is 35.9 Å². The van der Waals surface area contributed by atoms with Crippen LogP contribution in [0.2, 0.25) is 0 Å². The second-order valence-corrected chi connectivity index (χ2v) is 6.88. The first kappa shape index (κ1) is 14.2. The van der Waals surface area contributed by atoms with Crippen LogP contribution in [0.4, 0.5) is 0 Å². The van der Waals surface area contributed by atoms with Gasteiger partial charge in [0.1, 0.15) is 5.60 Å². The molecule has 1 atom stereocenters. The highest BCUT2D eigenvalue weighted by molar-refractivity contribution is 7.90. The van der Waals surface area contributed by atoms with Crippen LogP contribution in [0.15, 0.2) is 30.3 Å². The third kappa shape index (κ3) is 3.80. The zero-order chi connectivity index (χ0) is 13.1. The molecule has 5 heteroatoms. The van der Waals surface area contributed by atoms with E-state index in [9.17, 15) is 13.5 Å². The van der Waals surface area contributed by atoms with Crippen molar-refractivity contribution in [2.45, 2.75) is 31.6 Å². The van der Waals surface area contributed by atoms with E-state index >= 15 is 0 Å². The molecule has 0 saturated carbocycles. The first-order valence-corrected chi connectivity index (χ1v) is 7.07. The summed E-state index contributed by atoms with van der Waals surface area (Å²) in [5.41, 5.74) is -0.519. The fourth-order valence-electron chi connectivity index (χ4n) is 1.31. The van der Waals surface area contributed by atoms with Crippen LogP contribution in [0, 0.1) is 0 Å². The maximum atomic E-state index is 11.6. The van der Waals surface area contributed by atoms with Crippen molar-refractivity contribution >= 4 is 10.0 Å². The molecule has 0 aliphatic rings. The van der Waals surface area contributed by atoms with Crippen LogP contribution in [-0.4, -0.2) is 25.3 Å². The molecule has 0 fully saturated rings. The summed E-state index contributed by atoms with van der Waals surface area (Å²) in [5, 5.41) is 9.70. The van der Waals surface area contributed by atoms with E-state index in [0.29, 0.717) is 5.56 Å². The smallest absolute Gasteiger partial charge is 0.214 e.